The van der Waals surface area contributed by atoms with E-state index in [1.165, 1.54) is 20.0 Å². The maximum atomic E-state index is 12.0. The Bertz CT molecular complexity index is 624. The first kappa shape index (κ1) is 16.6. The highest BCUT2D eigenvalue weighted by Gasteiger charge is 2.42. The number of methoxy groups -OCH3 is 2. The van der Waals surface area contributed by atoms with Crippen LogP contribution in [0.3, 0.4) is 0 Å². The van der Waals surface area contributed by atoms with Crippen LogP contribution in [-0.4, -0.2) is 38.7 Å². The minimum absolute atomic E-state index is 0.203. The van der Waals surface area contributed by atoms with E-state index in [9.17, 15) is 9.59 Å². The summed E-state index contributed by atoms with van der Waals surface area (Å²) in [5, 5.41) is 2.74. The number of carbonyl (C=O) groups excluding carboxylic acids is 2. The highest BCUT2D eigenvalue weighted by molar-refractivity contribution is 6.00. The van der Waals surface area contributed by atoms with Crippen LogP contribution in [0.1, 0.15) is 37.2 Å². The molecule has 1 N–H and O–H groups in total. The molecule has 1 heterocycles. The molecule has 1 aromatic carbocycles. The zero-order valence-electron chi connectivity index (χ0n) is 14.0. The number of amides is 1. The Labute approximate surface area is 141 Å². The zero-order chi connectivity index (χ0) is 17.1. The van der Waals surface area contributed by atoms with Gasteiger partial charge in [0.2, 0.25) is 5.91 Å². The second kappa shape index (κ2) is 7.11. The quantitative estimate of drug-likeness (QED) is 0.659. The van der Waals surface area contributed by atoms with Crippen LogP contribution in [-0.2, 0) is 14.3 Å². The number of hydrogen-bond donors (Lipinski definition) is 1. The van der Waals surface area contributed by atoms with Crippen molar-refractivity contribution in [2.45, 2.75) is 37.7 Å². The molecule has 130 valence electrons. The van der Waals surface area contributed by atoms with Crippen molar-refractivity contribution in [3.63, 3.8) is 0 Å². The third kappa shape index (κ3) is 3.18. The molecule has 1 aliphatic carbocycles. The lowest BCUT2D eigenvalue weighted by Crippen LogP contribution is -2.28. The van der Waals surface area contributed by atoms with Crippen molar-refractivity contribution in [2.75, 3.05) is 20.8 Å². The molecule has 2 atom stereocenters. The van der Waals surface area contributed by atoms with E-state index in [1.807, 2.05) is 18.2 Å². The predicted octanol–water partition coefficient (Wildman–Crippen LogP) is 2.02. The molecule has 0 aromatic heterocycles. The lowest BCUT2D eigenvalue weighted by Gasteiger charge is -2.20. The van der Waals surface area contributed by atoms with Gasteiger partial charge in [-0.3, -0.25) is 9.59 Å². The van der Waals surface area contributed by atoms with Gasteiger partial charge in [0.05, 0.1) is 20.3 Å². The van der Waals surface area contributed by atoms with Crippen LogP contribution in [0.25, 0.3) is 0 Å². The Morgan fingerprint density at radius 2 is 1.92 bits per heavy atom. The van der Waals surface area contributed by atoms with Gasteiger partial charge in [0.1, 0.15) is 5.92 Å². The maximum absolute atomic E-state index is 12.0. The summed E-state index contributed by atoms with van der Waals surface area (Å²) in [5.41, 5.74) is 0.873. The molecule has 6 nitrogen and oxygen atoms in total. The summed E-state index contributed by atoms with van der Waals surface area (Å²) in [6.07, 6.45) is 4.65. The molecule has 24 heavy (non-hydrogen) atoms. The third-order valence-corrected chi connectivity index (χ3v) is 4.85. The molecule has 1 aromatic rings. The van der Waals surface area contributed by atoms with Gasteiger partial charge in [-0.05, 0) is 43.4 Å². The van der Waals surface area contributed by atoms with E-state index in [2.05, 4.69) is 5.32 Å². The summed E-state index contributed by atoms with van der Waals surface area (Å²) < 4.78 is 16.3. The highest BCUT2D eigenvalue weighted by Crippen LogP contribution is 2.37. The van der Waals surface area contributed by atoms with Gasteiger partial charge < -0.3 is 19.5 Å². The Morgan fingerprint density at radius 3 is 2.58 bits per heavy atom. The summed E-state index contributed by atoms with van der Waals surface area (Å²) in [4.78, 5) is 23.9. The number of benzene rings is 1. The molecule has 6 heteroatoms. The smallest absolute Gasteiger partial charge is 0.318 e. The van der Waals surface area contributed by atoms with E-state index >= 15 is 0 Å². The van der Waals surface area contributed by atoms with Crippen molar-refractivity contribution in [3.8, 4) is 11.5 Å². The molecule has 0 radical (unpaired) electrons. The fraction of sp³-hybridized carbons (Fsp3) is 0.556. The first-order valence-electron chi connectivity index (χ1n) is 8.34. The van der Waals surface area contributed by atoms with Crippen LogP contribution in [0.4, 0.5) is 0 Å². The van der Waals surface area contributed by atoms with Gasteiger partial charge in [0.25, 0.3) is 0 Å². The summed E-state index contributed by atoms with van der Waals surface area (Å²) in [6.45, 7) is 0.411. The Kier molecular flexibility index (Phi) is 4.92. The molecule has 1 amide bonds. The second-order valence-corrected chi connectivity index (χ2v) is 6.29. The zero-order valence-corrected chi connectivity index (χ0v) is 14.0. The van der Waals surface area contributed by atoms with Crippen molar-refractivity contribution in [1.82, 2.24) is 5.32 Å². The summed E-state index contributed by atoms with van der Waals surface area (Å²) in [5.74, 6) is -0.545. The maximum Gasteiger partial charge on any atom is 0.318 e. The molecule has 2 fully saturated rings. The van der Waals surface area contributed by atoms with Gasteiger partial charge in [-0.1, -0.05) is 6.07 Å². The summed E-state index contributed by atoms with van der Waals surface area (Å²) >= 11 is 0. The molecule has 2 aliphatic rings. The van der Waals surface area contributed by atoms with Gasteiger partial charge in [-0.2, -0.15) is 0 Å². The molecule has 1 saturated heterocycles. The minimum atomic E-state index is -0.817. The van der Waals surface area contributed by atoms with E-state index in [0.717, 1.165) is 18.4 Å². The van der Waals surface area contributed by atoms with Crippen molar-refractivity contribution >= 4 is 11.9 Å². The fourth-order valence-electron chi connectivity index (χ4n) is 3.53. The summed E-state index contributed by atoms with van der Waals surface area (Å²) in [7, 11) is 2.90. The largest absolute Gasteiger partial charge is 0.493 e. The molecular weight excluding hydrogens is 310 g/mol. The molecule has 1 aliphatic heterocycles. The first-order chi connectivity index (χ1) is 11.6. The van der Waals surface area contributed by atoms with E-state index in [4.69, 9.17) is 14.2 Å². The van der Waals surface area contributed by atoms with Crippen molar-refractivity contribution in [1.29, 1.82) is 0 Å². The average molecular weight is 333 g/mol. The fourth-order valence-corrected chi connectivity index (χ4v) is 3.53. The number of hydrogen-bond acceptors (Lipinski definition) is 5. The van der Waals surface area contributed by atoms with Gasteiger partial charge in [0.15, 0.2) is 11.5 Å². The van der Waals surface area contributed by atoms with Gasteiger partial charge in [-0.15, -0.1) is 0 Å². The third-order valence-electron chi connectivity index (χ3n) is 4.85. The first-order valence-corrected chi connectivity index (χ1v) is 8.34. The number of nitrogens with one attached hydrogen (secondary N) is 1. The van der Waals surface area contributed by atoms with Crippen LogP contribution in [0, 0.1) is 5.92 Å². The van der Waals surface area contributed by atoms with E-state index < -0.39 is 11.9 Å². The van der Waals surface area contributed by atoms with Crippen molar-refractivity contribution in [3.05, 3.63) is 23.8 Å². The minimum Gasteiger partial charge on any atom is -0.493 e. The van der Waals surface area contributed by atoms with E-state index in [1.54, 1.807) is 7.11 Å². The second-order valence-electron chi connectivity index (χ2n) is 6.29. The molecule has 3 rings (SSSR count). The lowest BCUT2D eigenvalue weighted by atomic mass is 9.88. The summed E-state index contributed by atoms with van der Waals surface area (Å²) in [6, 6.07) is 5.59. The normalized spacial score (nSPS) is 23.8. The SMILES string of the molecule is COC(=O)C1C(=O)NCC1c1ccc(OC)c(OC2CCCC2)c1. The van der Waals surface area contributed by atoms with Gasteiger partial charge in [0, 0.05) is 12.5 Å². The Morgan fingerprint density at radius 1 is 1.17 bits per heavy atom. The van der Waals surface area contributed by atoms with Gasteiger partial charge in [-0.25, -0.2) is 0 Å². The Hall–Kier alpha value is -2.24. The molecule has 0 spiro atoms. The van der Waals surface area contributed by atoms with Crippen molar-refractivity contribution < 1.29 is 23.8 Å². The number of rotatable bonds is 5. The molecule has 0 bridgehead atoms. The van der Waals surface area contributed by atoms with Crippen LogP contribution in [0.2, 0.25) is 0 Å². The highest BCUT2D eigenvalue weighted by atomic mass is 16.5. The van der Waals surface area contributed by atoms with Gasteiger partial charge >= 0.3 is 5.97 Å². The molecule has 1 saturated carbocycles. The number of esters is 1. The molecule has 2 unspecified atom stereocenters. The van der Waals surface area contributed by atoms with Crippen LogP contribution < -0.4 is 14.8 Å². The van der Waals surface area contributed by atoms with Crippen LogP contribution in [0.5, 0.6) is 11.5 Å². The lowest BCUT2D eigenvalue weighted by molar-refractivity contribution is -0.149. The van der Waals surface area contributed by atoms with E-state index in [-0.39, 0.29) is 17.9 Å². The standard InChI is InChI=1S/C18H23NO5/c1-22-14-8-7-11(9-15(14)24-12-5-3-4-6-12)13-10-19-17(20)16(13)18(21)23-2/h7-9,12-13,16H,3-6,10H2,1-2H3,(H,19,20). The van der Waals surface area contributed by atoms with E-state index in [0.29, 0.717) is 18.0 Å². The van der Waals surface area contributed by atoms with Crippen molar-refractivity contribution in [2.24, 2.45) is 5.92 Å². The average Bonchev–Trinajstić information content (AvgIpc) is 3.23. The van der Waals surface area contributed by atoms with Crippen LogP contribution >= 0.6 is 0 Å². The monoisotopic (exact) mass is 333 g/mol. The number of carbonyl (C=O) groups is 2. The predicted molar refractivity (Wildman–Crippen MR) is 87.1 cm³/mol. The molecular formula is C18H23NO5. The Balaban J connectivity index is 1.87. The topological polar surface area (TPSA) is 73.9 Å². The van der Waals surface area contributed by atoms with Crippen LogP contribution in [0.15, 0.2) is 18.2 Å². The number of ether oxygens (including phenoxy) is 3.